The van der Waals surface area contributed by atoms with Crippen LogP contribution in [0.25, 0.3) is 0 Å². The predicted molar refractivity (Wildman–Crippen MR) is 51.8 cm³/mol. The van der Waals surface area contributed by atoms with Crippen LogP contribution in [0, 0.1) is 0 Å². The van der Waals surface area contributed by atoms with E-state index in [4.69, 9.17) is 16.3 Å². The van der Waals surface area contributed by atoms with Crippen molar-refractivity contribution < 1.29 is 9.53 Å². The monoisotopic (exact) mass is 212 g/mol. The smallest absolute Gasteiger partial charge is 0.422 e. The molecule has 1 amide bonds. The fourth-order valence-corrected chi connectivity index (χ4v) is 1.51. The minimum Gasteiger partial charge on any atom is -0.439 e. The van der Waals surface area contributed by atoms with Crippen LogP contribution in [0.5, 0.6) is 0 Å². The Morgan fingerprint density at radius 2 is 2.36 bits per heavy atom. The fraction of sp³-hybridized carbons (Fsp3) is 0.222. The van der Waals surface area contributed by atoms with Crippen LogP contribution in [0.3, 0.4) is 0 Å². The normalized spacial score (nSPS) is 21.2. The Kier molecular flexibility index (Phi) is 2.56. The van der Waals surface area contributed by atoms with Gasteiger partial charge in [-0.25, -0.2) is 10.2 Å². The number of hydrazine groups is 1. The number of benzene rings is 1. The summed E-state index contributed by atoms with van der Waals surface area (Å²) >= 11 is 5.82. The number of rotatable bonds is 1. The molecule has 0 aliphatic carbocycles. The summed E-state index contributed by atoms with van der Waals surface area (Å²) in [5.41, 5.74) is 5.98. The standard InChI is InChI=1S/C9H9ClN2O2/c10-7-3-1-2-6(4-7)8-5-11-12-9(13)14-8/h1-4,8,11H,5H2,(H,12,13). The highest BCUT2D eigenvalue weighted by atomic mass is 35.5. The van der Waals surface area contributed by atoms with E-state index in [1.165, 1.54) is 0 Å². The first-order valence-corrected chi connectivity index (χ1v) is 4.58. The van der Waals surface area contributed by atoms with Crippen LogP contribution in [0.1, 0.15) is 11.7 Å². The second-order valence-electron chi connectivity index (χ2n) is 2.95. The van der Waals surface area contributed by atoms with Gasteiger partial charge in [-0.2, -0.15) is 0 Å². The quantitative estimate of drug-likeness (QED) is 0.744. The SMILES string of the molecule is O=C1NNCC(c2cccc(Cl)c2)O1. The predicted octanol–water partition coefficient (Wildman–Crippen LogP) is 1.63. The van der Waals surface area contributed by atoms with Crippen molar-refractivity contribution >= 4 is 17.7 Å². The Balaban J connectivity index is 2.17. The van der Waals surface area contributed by atoms with Gasteiger partial charge in [-0.3, -0.25) is 5.43 Å². The molecule has 2 rings (SSSR count). The van der Waals surface area contributed by atoms with Gasteiger partial charge in [0.1, 0.15) is 6.10 Å². The molecule has 0 aromatic heterocycles. The molecule has 2 N–H and O–H groups in total. The van der Waals surface area contributed by atoms with Gasteiger partial charge in [0.25, 0.3) is 0 Å². The molecule has 0 saturated carbocycles. The minimum absolute atomic E-state index is 0.276. The van der Waals surface area contributed by atoms with E-state index in [1.54, 1.807) is 12.1 Å². The molecular formula is C9H9ClN2O2. The van der Waals surface area contributed by atoms with Crippen molar-refractivity contribution in [2.75, 3.05) is 6.54 Å². The zero-order valence-corrected chi connectivity index (χ0v) is 8.04. The van der Waals surface area contributed by atoms with Gasteiger partial charge >= 0.3 is 6.09 Å². The molecule has 1 aliphatic rings. The molecule has 14 heavy (non-hydrogen) atoms. The molecule has 4 nitrogen and oxygen atoms in total. The van der Waals surface area contributed by atoms with E-state index in [2.05, 4.69) is 10.9 Å². The van der Waals surface area contributed by atoms with Gasteiger partial charge in [0, 0.05) is 5.02 Å². The highest BCUT2D eigenvalue weighted by Gasteiger charge is 2.20. The number of carbonyl (C=O) groups is 1. The van der Waals surface area contributed by atoms with Crippen molar-refractivity contribution in [3.05, 3.63) is 34.9 Å². The lowest BCUT2D eigenvalue weighted by Crippen LogP contribution is -2.46. The van der Waals surface area contributed by atoms with Crippen molar-refractivity contribution in [3.63, 3.8) is 0 Å². The molecule has 1 saturated heterocycles. The van der Waals surface area contributed by atoms with E-state index in [0.717, 1.165) is 5.56 Å². The number of hydrogen-bond donors (Lipinski definition) is 2. The maximum Gasteiger partial charge on any atom is 0.422 e. The highest BCUT2D eigenvalue weighted by Crippen LogP contribution is 2.21. The van der Waals surface area contributed by atoms with Crippen LogP contribution in [0.4, 0.5) is 4.79 Å². The molecule has 74 valence electrons. The van der Waals surface area contributed by atoms with Gasteiger partial charge in [0.05, 0.1) is 6.54 Å². The summed E-state index contributed by atoms with van der Waals surface area (Å²) in [6.07, 6.45) is -0.747. The van der Waals surface area contributed by atoms with E-state index in [1.807, 2.05) is 12.1 Å². The topological polar surface area (TPSA) is 50.4 Å². The van der Waals surface area contributed by atoms with Gasteiger partial charge in [-0.1, -0.05) is 23.7 Å². The molecule has 5 heteroatoms. The number of halogens is 1. The fourth-order valence-electron chi connectivity index (χ4n) is 1.31. The number of carbonyl (C=O) groups excluding carboxylic acids is 1. The molecule has 1 aliphatic heterocycles. The van der Waals surface area contributed by atoms with Gasteiger partial charge < -0.3 is 4.74 Å². The second kappa shape index (κ2) is 3.86. The molecular weight excluding hydrogens is 204 g/mol. The molecule has 1 unspecified atom stereocenters. The van der Waals surface area contributed by atoms with Crippen LogP contribution in [0.15, 0.2) is 24.3 Å². The first kappa shape index (κ1) is 9.30. The van der Waals surface area contributed by atoms with E-state index in [9.17, 15) is 4.79 Å². The Hall–Kier alpha value is -1.26. The van der Waals surface area contributed by atoms with Crippen molar-refractivity contribution in [1.82, 2.24) is 10.9 Å². The van der Waals surface area contributed by atoms with Crippen LogP contribution < -0.4 is 10.9 Å². The molecule has 1 aromatic carbocycles. The van der Waals surface area contributed by atoms with Crippen LogP contribution in [-0.4, -0.2) is 12.6 Å². The lowest BCUT2D eigenvalue weighted by atomic mass is 10.1. The Morgan fingerprint density at radius 1 is 1.50 bits per heavy atom. The van der Waals surface area contributed by atoms with Crippen LogP contribution in [-0.2, 0) is 4.74 Å². The summed E-state index contributed by atoms with van der Waals surface area (Å²) in [6, 6.07) is 7.26. The molecule has 0 spiro atoms. The zero-order valence-electron chi connectivity index (χ0n) is 7.29. The van der Waals surface area contributed by atoms with Gasteiger partial charge in [0.15, 0.2) is 0 Å². The van der Waals surface area contributed by atoms with Crippen molar-refractivity contribution in [2.45, 2.75) is 6.10 Å². The summed E-state index contributed by atoms with van der Waals surface area (Å²) in [5.74, 6) is 0. The summed E-state index contributed by atoms with van der Waals surface area (Å²) in [6.45, 7) is 0.534. The van der Waals surface area contributed by atoms with E-state index >= 15 is 0 Å². The average Bonchev–Trinajstić information content (AvgIpc) is 2.18. The van der Waals surface area contributed by atoms with Crippen LogP contribution >= 0.6 is 11.6 Å². The van der Waals surface area contributed by atoms with Gasteiger partial charge in [-0.05, 0) is 17.7 Å². The molecule has 1 atom stereocenters. The van der Waals surface area contributed by atoms with Crippen molar-refractivity contribution in [2.24, 2.45) is 0 Å². The zero-order chi connectivity index (χ0) is 9.97. The van der Waals surface area contributed by atoms with Crippen LogP contribution in [0.2, 0.25) is 5.02 Å². The number of cyclic esters (lactones) is 1. The maximum absolute atomic E-state index is 10.9. The number of nitrogens with one attached hydrogen (secondary N) is 2. The molecule has 1 fully saturated rings. The van der Waals surface area contributed by atoms with Crippen molar-refractivity contribution in [1.29, 1.82) is 0 Å². The lowest BCUT2D eigenvalue weighted by molar-refractivity contribution is 0.0679. The van der Waals surface area contributed by atoms with E-state index in [0.29, 0.717) is 11.6 Å². The number of ether oxygens (including phenoxy) is 1. The van der Waals surface area contributed by atoms with E-state index in [-0.39, 0.29) is 6.10 Å². The molecule has 0 bridgehead atoms. The lowest BCUT2D eigenvalue weighted by Gasteiger charge is -2.24. The third-order valence-corrected chi connectivity index (χ3v) is 2.18. The van der Waals surface area contributed by atoms with Gasteiger partial charge in [-0.15, -0.1) is 0 Å². The third kappa shape index (κ3) is 1.97. The second-order valence-corrected chi connectivity index (χ2v) is 3.39. The largest absolute Gasteiger partial charge is 0.439 e. The summed E-state index contributed by atoms with van der Waals surface area (Å²) in [7, 11) is 0. The Bertz CT molecular complexity index is 356. The minimum atomic E-state index is -0.471. The Morgan fingerprint density at radius 3 is 3.07 bits per heavy atom. The summed E-state index contributed by atoms with van der Waals surface area (Å²) < 4.78 is 5.06. The number of amides is 1. The average molecular weight is 213 g/mol. The highest BCUT2D eigenvalue weighted by molar-refractivity contribution is 6.30. The first-order chi connectivity index (χ1) is 6.75. The summed E-state index contributed by atoms with van der Waals surface area (Å²) in [4.78, 5) is 10.9. The van der Waals surface area contributed by atoms with E-state index < -0.39 is 6.09 Å². The van der Waals surface area contributed by atoms with Gasteiger partial charge in [0.2, 0.25) is 0 Å². The first-order valence-electron chi connectivity index (χ1n) is 4.20. The molecule has 0 radical (unpaired) electrons. The molecule has 1 aromatic rings. The maximum atomic E-state index is 10.9. The van der Waals surface area contributed by atoms with Crippen molar-refractivity contribution in [3.8, 4) is 0 Å². The molecule has 1 heterocycles. The summed E-state index contributed by atoms with van der Waals surface area (Å²) in [5, 5.41) is 0.636. The number of hydrogen-bond acceptors (Lipinski definition) is 3. The third-order valence-electron chi connectivity index (χ3n) is 1.95. The Labute approximate surface area is 86.2 Å².